The highest BCUT2D eigenvalue weighted by atomic mass is 19.4. The van der Waals surface area contributed by atoms with E-state index in [2.05, 4.69) is 9.47 Å². The molecule has 0 spiro atoms. The van der Waals surface area contributed by atoms with Crippen molar-refractivity contribution in [2.75, 3.05) is 14.2 Å². The van der Waals surface area contributed by atoms with Crippen LogP contribution in [0.3, 0.4) is 0 Å². The van der Waals surface area contributed by atoms with Crippen LogP contribution >= 0.6 is 0 Å². The SMILES string of the molecule is COC(=O)C(C(=O)OC)/C(C=O)=C\c1ccc(C(F)(F)F)cc1. The van der Waals surface area contributed by atoms with Crippen LogP contribution in [-0.4, -0.2) is 32.4 Å². The smallest absolute Gasteiger partial charge is 0.416 e. The number of methoxy groups -OCH3 is 2. The summed E-state index contributed by atoms with van der Waals surface area (Å²) in [7, 11) is 2.05. The molecule has 0 heterocycles. The molecule has 0 aromatic heterocycles. The van der Waals surface area contributed by atoms with Gasteiger partial charge in [-0.3, -0.25) is 14.4 Å². The fraction of sp³-hybridized carbons (Fsp3) is 0.267. The zero-order valence-electron chi connectivity index (χ0n) is 12.2. The molecule has 0 aliphatic heterocycles. The van der Waals surface area contributed by atoms with Crippen molar-refractivity contribution in [1.29, 1.82) is 0 Å². The molecule has 124 valence electrons. The Balaban J connectivity index is 3.21. The molecule has 0 aliphatic carbocycles. The van der Waals surface area contributed by atoms with Gasteiger partial charge in [-0.2, -0.15) is 13.2 Å². The molecule has 1 aromatic rings. The standard InChI is InChI=1S/C15H13F3O5/c1-22-13(20)12(14(21)23-2)10(8-19)7-9-3-5-11(6-4-9)15(16,17)18/h3-8,12H,1-2H3/b10-7-. The Morgan fingerprint density at radius 2 is 1.52 bits per heavy atom. The molecular formula is C15H13F3O5. The summed E-state index contributed by atoms with van der Waals surface area (Å²) >= 11 is 0. The minimum Gasteiger partial charge on any atom is -0.468 e. The molecule has 0 N–H and O–H groups in total. The first-order valence-corrected chi connectivity index (χ1v) is 6.24. The number of benzene rings is 1. The van der Waals surface area contributed by atoms with Crippen molar-refractivity contribution in [3.8, 4) is 0 Å². The molecule has 0 aliphatic rings. The second-order valence-corrected chi connectivity index (χ2v) is 4.36. The molecule has 5 nitrogen and oxygen atoms in total. The summed E-state index contributed by atoms with van der Waals surface area (Å²) in [4.78, 5) is 34.4. The highest BCUT2D eigenvalue weighted by Crippen LogP contribution is 2.29. The Morgan fingerprint density at radius 3 is 1.87 bits per heavy atom. The van der Waals surface area contributed by atoms with E-state index in [-0.39, 0.29) is 17.4 Å². The van der Waals surface area contributed by atoms with Gasteiger partial charge in [0, 0.05) is 5.57 Å². The van der Waals surface area contributed by atoms with E-state index in [4.69, 9.17) is 0 Å². The van der Waals surface area contributed by atoms with E-state index in [1.165, 1.54) is 0 Å². The van der Waals surface area contributed by atoms with Crippen LogP contribution in [0, 0.1) is 5.92 Å². The summed E-state index contributed by atoms with van der Waals surface area (Å²) < 4.78 is 46.3. The largest absolute Gasteiger partial charge is 0.468 e. The van der Waals surface area contributed by atoms with Gasteiger partial charge in [-0.15, -0.1) is 0 Å². The maximum Gasteiger partial charge on any atom is 0.416 e. The van der Waals surface area contributed by atoms with Crippen LogP contribution in [-0.2, 0) is 30.0 Å². The van der Waals surface area contributed by atoms with E-state index >= 15 is 0 Å². The van der Waals surface area contributed by atoms with E-state index in [0.29, 0.717) is 0 Å². The van der Waals surface area contributed by atoms with Gasteiger partial charge in [-0.1, -0.05) is 12.1 Å². The van der Waals surface area contributed by atoms with Crippen LogP contribution in [0.2, 0.25) is 0 Å². The quantitative estimate of drug-likeness (QED) is 0.358. The lowest BCUT2D eigenvalue weighted by molar-refractivity contribution is -0.157. The predicted molar refractivity (Wildman–Crippen MR) is 73.0 cm³/mol. The van der Waals surface area contributed by atoms with Crippen molar-refractivity contribution in [2.45, 2.75) is 6.18 Å². The van der Waals surface area contributed by atoms with E-state index < -0.39 is 29.6 Å². The van der Waals surface area contributed by atoms with Crippen LogP contribution in [0.1, 0.15) is 11.1 Å². The van der Waals surface area contributed by atoms with Gasteiger partial charge in [0.25, 0.3) is 0 Å². The molecule has 0 unspecified atom stereocenters. The summed E-state index contributed by atoms with van der Waals surface area (Å²) in [6.07, 6.45) is -3.13. The number of carbonyl (C=O) groups excluding carboxylic acids is 3. The van der Waals surface area contributed by atoms with Crippen molar-refractivity contribution in [3.05, 3.63) is 41.0 Å². The van der Waals surface area contributed by atoms with Gasteiger partial charge < -0.3 is 9.47 Å². The number of halogens is 3. The second kappa shape index (κ2) is 7.57. The molecular weight excluding hydrogens is 317 g/mol. The number of hydrogen-bond acceptors (Lipinski definition) is 5. The highest BCUT2D eigenvalue weighted by molar-refractivity contribution is 6.05. The zero-order valence-corrected chi connectivity index (χ0v) is 12.2. The molecule has 0 saturated heterocycles. The average Bonchev–Trinajstić information content (AvgIpc) is 2.53. The molecule has 0 radical (unpaired) electrons. The maximum atomic E-state index is 12.5. The molecule has 1 aromatic carbocycles. The molecule has 1 rings (SSSR count). The van der Waals surface area contributed by atoms with Crippen LogP contribution in [0.4, 0.5) is 13.2 Å². The van der Waals surface area contributed by atoms with Crippen molar-refractivity contribution in [2.24, 2.45) is 5.92 Å². The van der Waals surface area contributed by atoms with E-state index in [1.54, 1.807) is 0 Å². The monoisotopic (exact) mass is 330 g/mol. The van der Waals surface area contributed by atoms with Crippen LogP contribution in [0.5, 0.6) is 0 Å². The van der Waals surface area contributed by atoms with E-state index in [9.17, 15) is 27.6 Å². The number of carbonyl (C=O) groups is 3. The summed E-state index contributed by atoms with van der Waals surface area (Å²) in [5.74, 6) is -3.63. The first kappa shape index (κ1) is 18.4. The third kappa shape index (κ3) is 4.67. The van der Waals surface area contributed by atoms with Gasteiger partial charge >= 0.3 is 18.1 Å². The Hall–Kier alpha value is -2.64. The van der Waals surface area contributed by atoms with Gasteiger partial charge in [0.1, 0.15) is 6.29 Å². The number of hydrogen-bond donors (Lipinski definition) is 0. The third-order valence-electron chi connectivity index (χ3n) is 2.91. The first-order chi connectivity index (χ1) is 10.7. The summed E-state index contributed by atoms with van der Waals surface area (Å²) in [5, 5.41) is 0. The van der Waals surface area contributed by atoms with E-state index in [1.807, 2.05) is 0 Å². The Labute approximate surface area is 129 Å². The van der Waals surface area contributed by atoms with Crippen LogP contribution < -0.4 is 0 Å². The van der Waals surface area contributed by atoms with E-state index in [0.717, 1.165) is 44.6 Å². The molecule has 8 heteroatoms. The number of aldehydes is 1. The molecule has 0 atom stereocenters. The average molecular weight is 330 g/mol. The second-order valence-electron chi connectivity index (χ2n) is 4.36. The molecule has 0 saturated carbocycles. The molecule has 23 heavy (non-hydrogen) atoms. The van der Waals surface area contributed by atoms with Gasteiger partial charge in [0.05, 0.1) is 19.8 Å². The predicted octanol–water partition coefficient (Wildman–Crippen LogP) is 2.25. The fourth-order valence-electron chi connectivity index (χ4n) is 1.75. The van der Waals surface area contributed by atoms with Crippen molar-refractivity contribution >= 4 is 24.3 Å². The summed E-state index contributed by atoms with van der Waals surface area (Å²) in [6.45, 7) is 0. The van der Waals surface area contributed by atoms with Crippen LogP contribution in [0.15, 0.2) is 29.8 Å². The number of alkyl halides is 3. The normalized spacial score (nSPS) is 12.0. The molecule has 0 amide bonds. The summed E-state index contributed by atoms with van der Waals surface area (Å²) in [6, 6.07) is 3.86. The van der Waals surface area contributed by atoms with Gasteiger partial charge in [0.15, 0.2) is 5.92 Å². The Bertz CT molecular complexity index is 601. The first-order valence-electron chi connectivity index (χ1n) is 6.24. The highest BCUT2D eigenvalue weighted by Gasteiger charge is 2.33. The van der Waals surface area contributed by atoms with Crippen LogP contribution in [0.25, 0.3) is 6.08 Å². The lowest BCUT2D eigenvalue weighted by Gasteiger charge is -2.12. The molecule has 0 fully saturated rings. The third-order valence-corrected chi connectivity index (χ3v) is 2.91. The lowest BCUT2D eigenvalue weighted by atomic mass is 9.97. The minimum atomic E-state index is -4.49. The van der Waals surface area contributed by atoms with Gasteiger partial charge in [-0.25, -0.2) is 0 Å². The number of esters is 2. The Morgan fingerprint density at radius 1 is 1.04 bits per heavy atom. The number of ether oxygens (including phenoxy) is 2. The van der Waals surface area contributed by atoms with Crippen molar-refractivity contribution in [3.63, 3.8) is 0 Å². The lowest BCUT2D eigenvalue weighted by Crippen LogP contribution is -2.28. The summed E-state index contributed by atoms with van der Waals surface area (Å²) in [5.41, 5.74) is -0.943. The minimum absolute atomic E-state index is 0.206. The molecule has 0 bridgehead atoms. The van der Waals surface area contributed by atoms with Crippen molar-refractivity contribution in [1.82, 2.24) is 0 Å². The van der Waals surface area contributed by atoms with Gasteiger partial charge in [-0.05, 0) is 23.8 Å². The van der Waals surface area contributed by atoms with Gasteiger partial charge in [0.2, 0.25) is 0 Å². The van der Waals surface area contributed by atoms with Crippen molar-refractivity contribution < 1.29 is 37.0 Å². The maximum absolute atomic E-state index is 12.5. The zero-order chi connectivity index (χ0) is 17.6. The fourth-order valence-corrected chi connectivity index (χ4v) is 1.75. The number of rotatable bonds is 5. The Kier molecular flexibility index (Phi) is 6.06. The topological polar surface area (TPSA) is 69.7 Å².